The molecular weight excluding hydrogens is 582 g/mol. The van der Waals surface area contributed by atoms with E-state index in [2.05, 4.69) is 20.7 Å². The van der Waals surface area contributed by atoms with E-state index in [9.17, 15) is 35.9 Å². The van der Waals surface area contributed by atoms with Crippen molar-refractivity contribution in [3.05, 3.63) is 70.2 Å². The van der Waals surface area contributed by atoms with Gasteiger partial charge in [0.05, 0.1) is 27.8 Å². The molecule has 3 aromatic rings. The number of ether oxygens (including phenoxy) is 1. The number of hydrogen-bond donors (Lipinski definition) is 2. The minimum absolute atomic E-state index is 0.0263. The zero-order valence-electron chi connectivity index (χ0n) is 22.2. The minimum Gasteiger partial charge on any atom is -0.484 e. The Labute approximate surface area is 239 Å². The lowest BCUT2D eigenvalue weighted by Gasteiger charge is -2.35. The van der Waals surface area contributed by atoms with Crippen molar-refractivity contribution in [3.8, 4) is 17.6 Å². The van der Waals surface area contributed by atoms with Crippen LogP contribution in [0.3, 0.4) is 0 Å². The summed E-state index contributed by atoms with van der Waals surface area (Å²) in [5.41, 5.74) is -1.69. The van der Waals surface area contributed by atoms with E-state index < -0.39 is 48.3 Å². The highest BCUT2D eigenvalue weighted by atomic mass is 19.4. The number of carbonyl (C=O) groups is 2. The smallest absolute Gasteiger partial charge is 0.422 e. The first-order valence-electron chi connectivity index (χ1n) is 13.2. The Kier molecular flexibility index (Phi) is 6.44. The molecule has 6 rings (SSSR count). The van der Waals surface area contributed by atoms with E-state index in [1.807, 2.05) is 6.07 Å². The van der Waals surface area contributed by atoms with E-state index in [4.69, 9.17) is 10.00 Å². The monoisotopic (exact) mass is 604 g/mol. The van der Waals surface area contributed by atoms with Gasteiger partial charge in [-0.3, -0.25) is 9.59 Å². The number of rotatable bonds is 6. The summed E-state index contributed by atoms with van der Waals surface area (Å²) in [4.78, 5) is 31.2. The van der Waals surface area contributed by atoms with Crippen LogP contribution in [0.1, 0.15) is 62.5 Å². The molecule has 43 heavy (non-hydrogen) atoms. The molecule has 224 valence electrons. The van der Waals surface area contributed by atoms with Crippen LogP contribution >= 0.6 is 0 Å². The number of carbonyl (C=O) groups excluding carboxylic acids is 2. The Morgan fingerprint density at radius 1 is 1.14 bits per heavy atom. The van der Waals surface area contributed by atoms with Gasteiger partial charge in [0.25, 0.3) is 11.8 Å². The Morgan fingerprint density at radius 3 is 2.53 bits per heavy atom. The summed E-state index contributed by atoms with van der Waals surface area (Å²) in [6, 6.07) is 9.18. The molecular formula is C28H22F6N6O3. The van der Waals surface area contributed by atoms with E-state index in [1.165, 1.54) is 30.5 Å². The van der Waals surface area contributed by atoms with Crippen molar-refractivity contribution in [1.82, 2.24) is 25.4 Å². The average Bonchev–Trinajstić information content (AvgIpc) is 3.57. The summed E-state index contributed by atoms with van der Waals surface area (Å²) in [5.74, 6) is -1.54. The molecule has 9 nitrogen and oxygen atoms in total. The van der Waals surface area contributed by atoms with Gasteiger partial charge >= 0.3 is 12.4 Å². The molecule has 2 aliphatic carbocycles. The predicted octanol–water partition coefficient (Wildman–Crippen LogP) is 4.28. The van der Waals surface area contributed by atoms with Gasteiger partial charge in [0, 0.05) is 19.2 Å². The average molecular weight is 605 g/mol. The number of benzene rings is 1. The molecule has 1 atom stereocenters. The number of nitriles is 1. The third-order valence-electron chi connectivity index (χ3n) is 8.17. The lowest BCUT2D eigenvalue weighted by Crippen LogP contribution is -2.50. The van der Waals surface area contributed by atoms with Crippen molar-refractivity contribution in [2.45, 2.75) is 50.0 Å². The number of aromatic nitrogens is 3. The molecule has 1 saturated carbocycles. The Bertz CT molecular complexity index is 1670. The fourth-order valence-electron chi connectivity index (χ4n) is 5.73. The molecule has 3 heterocycles. The molecule has 0 radical (unpaired) electrons. The van der Waals surface area contributed by atoms with Crippen molar-refractivity contribution in [1.29, 1.82) is 5.26 Å². The third-order valence-corrected chi connectivity index (χ3v) is 8.17. The zero-order chi connectivity index (χ0) is 30.8. The molecule has 0 saturated heterocycles. The van der Waals surface area contributed by atoms with Crippen LogP contribution in [0.2, 0.25) is 0 Å². The number of hydrogen-bond acceptors (Lipinski definition) is 6. The molecule has 3 aliphatic rings. The van der Waals surface area contributed by atoms with Gasteiger partial charge in [-0.2, -0.15) is 36.7 Å². The fourth-order valence-corrected chi connectivity index (χ4v) is 5.73. The Hall–Kier alpha value is -4.61. The van der Waals surface area contributed by atoms with Crippen molar-refractivity contribution in [2.75, 3.05) is 13.2 Å². The van der Waals surface area contributed by atoms with Crippen molar-refractivity contribution >= 4 is 11.8 Å². The van der Waals surface area contributed by atoms with Crippen LogP contribution in [0.25, 0.3) is 5.82 Å². The van der Waals surface area contributed by atoms with E-state index in [0.717, 1.165) is 4.68 Å². The van der Waals surface area contributed by atoms with Gasteiger partial charge in [0.2, 0.25) is 0 Å². The van der Waals surface area contributed by atoms with E-state index in [1.54, 1.807) is 6.07 Å². The SMILES string of the molecule is N#Cc1ccc(-n2nc3c(c2C(=O)NCC2(C(F)(F)F)CC2)C(=O)N[C@@]2(CCc4cc(OCC(F)(F)F)ccc42)C3)nc1. The normalized spacial score (nSPS) is 20.2. The van der Waals surface area contributed by atoms with Crippen LogP contribution in [0, 0.1) is 16.7 Å². The van der Waals surface area contributed by atoms with Crippen molar-refractivity contribution in [2.24, 2.45) is 5.41 Å². The van der Waals surface area contributed by atoms with Gasteiger partial charge in [0.15, 0.2) is 12.4 Å². The van der Waals surface area contributed by atoms with E-state index in [0.29, 0.717) is 24.0 Å². The Morgan fingerprint density at radius 2 is 1.91 bits per heavy atom. The zero-order valence-corrected chi connectivity index (χ0v) is 22.2. The number of alkyl halides is 6. The number of pyridine rings is 1. The summed E-state index contributed by atoms with van der Waals surface area (Å²) in [6.07, 6.45) is -7.15. The largest absolute Gasteiger partial charge is 0.484 e. The first-order chi connectivity index (χ1) is 20.2. The van der Waals surface area contributed by atoms with Crippen LogP contribution in [0.4, 0.5) is 26.3 Å². The first-order valence-corrected chi connectivity index (χ1v) is 13.2. The first kappa shape index (κ1) is 28.5. The van der Waals surface area contributed by atoms with Crippen molar-refractivity contribution < 1.29 is 40.7 Å². The number of fused-ring (bicyclic) bond motifs is 3. The molecule has 2 N–H and O–H groups in total. The minimum atomic E-state index is -4.51. The number of nitrogens with zero attached hydrogens (tertiary/aromatic N) is 4. The van der Waals surface area contributed by atoms with Gasteiger partial charge < -0.3 is 15.4 Å². The topological polar surface area (TPSA) is 122 Å². The quantitative estimate of drug-likeness (QED) is 0.406. The number of aryl methyl sites for hydroxylation is 1. The molecule has 1 fully saturated rings. The molecule has 15 heteroatoms. The highest BCUT2D eigenvalue weighted by molar-refractivity contribution is 6.08. The fraction of sp³-hybridized carbons (Fsp3) is 0.393. The molecule has 2 aromatic heterocycles. The predicted molar refractivity (Wildman–Crippen MR) is 135 cm³/mol. The van der Waals surface area contributed by atoms with Crippen LogP contribution in [0.5, 0.6) is 5.75 Å². The summed E-state index contributed by atoms with van der Waals surface area (Å²) >= 11 is 0. The lowest BCUT2D eigenvalue weighted by atomic mass is 9.82. The van der Waals surface area contributed by atoms with Gasteiger partial charge in [-0.1, -0.05) is 6.07 Å². The second-order valence-electron chi connectivity index (χ2n) is 11.0. The van der Waals surface area contributed by atoms with E-state index in [-0.39, 0.29) is 53.3 Å². The van der Waals surface area contributed by atoms with E-state index >= 15 is 0 Å². The highest BCUT2D eigenvalue weighted by Crippen LogP contribution is 2.57. The summed E-state index contributed by atoms with van der Waals surface area (Å²) in [7, 11) is 0. The Balaban J connectivity index is 1.35. The van der Waals surface area contributed by atoms with Crippen LogP contribution in [-0.2, 0) is 18.4 Å². The van der Waals surface area contributed by atoms with Crippen LogP contribution < -0.4 is 15.4 Å². The summed E-state index contributed by atoms with van der Waals surface area (Å²) in [5, 5.41) is 18.9. The van der Waals surface area contributed by atoms with Gasteiger partial charge in [-0.05, 0) is 61.1 Å². The third kappa shape index (κ3) is 5.04. The summed E-state index contributed by atoms with van der Waals surface area (Å²) < 4.78 is 84.4. The van der Waals surface area contributed by atoms with Gasteiger partial charge in [-0.15, -0.1) is 0 Å². The summed E-state index contributed by atoms with van der Waals surface area (Å²) in [6.45, 7) is -2.12. The molecule has 0 bridgehead atoms. The molecule has 2 amide bonds. The van der Waals surface area contributed by atoms with Crippen LogP contribution in [-0.4, -0.2) is 52.1 Å². The number of halogens is 6. The highest BCUT2D eigenvalue weighted by Gasteiger charge is 2.63. The number of amides is 2. The molecule has 0 unspecified atom stereocenters. The molecule has 1 spiro atoms. The standard InChI is InChI=1S/C28H22F6N6O3/c29-27(30,31)14-43-17-2-3-18-16(9-17)5-6-26(18)10-19-21(23(41)38-26)22(24(42)37-13-25(7-8-25)28(32,33)34)40(39-19)20-4-1-15(11-35)12-36-20/h1-4,9,12H,5-8,10,13-14H2,(H,37,42)(H,38,41)/t26-/m0/s1. The number of nitrogens with one attached hydrogen (secondary N) is 2. The van der Waals surface area contributed by atoms with Gasteiger partial charge in [0.1, 0.15) is 17.5 Å². The molecule has 1 aliphatic heterocycles. The van der Waals surface area contributed by atoms with Crippen molar-refractivity contribution in [3.63, 3.8) is 0 Å². The maximum atomic E-state index is 13.6. The maximum Gasteiger partial charge on any atom is 0.422 e. The second-order valence-corrected chi connectivity index (χ2v) is 11.0. The lowest BCUT2D eigenvalue weighted by molar-refractivity contribution is -0.184. The van der Waals surface area contributed by atoms with Gasteiger partial charge in [-0.25, -0.2) is 9.67 Å². The second kappa shape index (κ2) is 9.72. The molecule has 1 aromatic carbocycles. The van der Waals surface area contributed by atoms with Crippen LogP contribution in [0.15, 0.2) is 36.5 Å². The maximum absolute atomic E-state index is 13.6.